The highest BCUT2D eigenvalue weighted by Gasteiger charge is 2.15. The molecule has 0 aliphatic carbocycles. The Morgan fingerprint density at radius 2 is 2.00 bits per heavy atom. The van der Waals surface area contributed by atoms with Gasteiger partial charge in [0.25, 0.3) is 5.91 Å². The van der Waals surface area contributed by atoms with Crippen molar-refractivity contribution in [3.05, 3.63) is 42.7 Å². The van der Waals surface area contributed by atoms with Gasteiger partial charge in [0.15, 0.2) is 6.73 Å². The first-order chi connectivity index (χ1) is 6.38. The zero-order valence-corrected chi connectivity index (χ0v) is 7.01. The molecule has 1 aliphatic heterocycles. The van der Waals surface area contributed by atoms with Crippen LogP contribution in [0.15, 0.2) is 42.7 Å². The average molecular weight is 175 g/mol. The summed E-state index contributed by atoms with van der Waals surface area (Å²) in [7, 11) is 0. The maximum Gasteiger partial charge on any atom is 0.256 e. The second kappa shape index (κ2) is 3.31. The molecule has 0 radical (unpaired) electrons. The van der Waals surface area contributed by atoms with E-state index in [0.717, 1.165) is 5.69 Å². The molecule has 0 fully saturated rings. The molecule has 3 nitrogen and oxygen atoms in total. The Balaban J connectivity index is 2.27. The Labute approximate surface area is 76.2 Å². The summed E-state index contributed by atoms with van der Waals surface area (Å²) in [6.07, 6.45) is 2.83. The van der Waals surface area contributed by atoms with Crippen molar-refractivity contribution in [3.8, 4) is 0 Å². The number of benzene rings is 1. The summed E-state index contributed by atoms with van der Waals surface area (Å²) in [5.74, 6) is -0.0440. The molecular formula is C10H9NO2. The van der Waals surface area contributed by atoms with E-state index < -0.39 is 0 Å². The number of hydrogen-bond donors (Lipinski definition) is 0. The number of nitrogens with zero attached hydrogens (tertiary/aromatic N) is 1. The topological polar surface area (TPSA) is 29.5 Å². The van der Waals surface area contributed by atoms with Gasteiger partial charge < -0.3 is 4.74 Å². The van der Waals surface area contributed by atoms with Crippen LogP contribution in [-0.2, 0) is 9.53 Å². The Hall–Kier alpha value is -1.77. The van der Waals surface area contributed by atoms with Crippen LogP contribution in [0.1, 0.15) is 0 Å². The zero-order chi connectivity index (χ0) is 9.10. The Bertz CT molecular complexity index is 332. The Kier molecular flexibility index (Phi) is 2.00. The summed E-state index contributed by atoms with van der Waals surface area (Å²) in [6, 6.07) is 9.44. The highest BCUT2D eigenvalue weighted by atomic mass is 16.5. The molecule has 1 amide bonds. The number of ether oxygens (including phenoxy) is 1. The predicted octanol–water partition coefficient (Wildman–Crippen LogP) is 1.52. The van der Waals surface area contributed by atoms with E-state index in [-0.39, 0.29) is 5.91 Å². The second-order valence-corrected chi connectivity index (χ2v) is 2.70. The quantitative estimate of drug-likeness (QED) is 0.647. The van der Waals surface area contributed by atoms with Crippen molar-refractivity contribution in [2.24, 2.45) is 0 Å². The monoisotopic (exact) mass is 175 g/mol. The lowest BCUT2D eigenvalue weighted by molar-refractivity contribution is -0.115. The Morgan fingerprint density at radius 3 is 2.69 bits per heavy atom. The van der Waals surface area contributed by atoms with Gasteiger partial charge >= 0.3 is 0 Å². The minimum atomic E-state index is -0.0440. The van der Waals surface area contributed by atoms with Gasteiger partial charge in [0.1, 0.15) is 0 Å². The van der Waals surface area contributed by atoms with Crippen molar-refractivity contribution >= 4 is 11.6 Å². The third kappa shape index (κ3) is 1.54. The van der Waals surface area contributed by atoms with Crippen molar-refractivity contribution in [2.75, 3.05) is 11.6 Å². The molecule has 0 spiro atoms. The number of carbonyl (C=O) groups is 1. The smallest absolute Gasteiger partial charge is 0.256 e. The van der Waals surface area contributed by atoms with Crippen LogP contribution in [0.2, 0.25) is 0 Å². The van der Waals surface area contributed by atoms with E-state index in [1.807, 2.05) is 30.3 Å². The number of amides is 1. The highest BCUT2D eigenvalue weighted by Crippen LogP contribution is 2.15. The molecule has 0 aromatic heterocycles. The van der Waals surface area contributed by atoms with Gasteiger partial charge in [-0.2, -0.15) is 0 Å². The van der Waals surface area contributed by atoms with Gasteiger partial charge in [-0.15, -0.1) is 0 Å². The lowest BCUT2D eigenvalue weighted by Crippen LogP contribution is -2.33. The summed E-state index contributed by atoms with van der Waals surface area (Å²) >= 11 is 0. The average Bonchev–Trinajstić information content (AvgIpc) is 2.20. The molecule has 1 heterocycles. The lowest BCUT2D eigenvalue weighted by atomic mass is 10.3. The predicted molar refractivity (Wildman–Crippen MR) is 49.0 cm³/mol. The molecular weight excluding hydrogens is 166 g/mol. The van der Waals surface area contributed by atoms with E-state index in [9.17, 15) is 4.79 Å². The van der Waals surface area contributed by atoms with Crippen molar-refractivity contribution in [3.63, 3.8) is 0 Å². The van der Waals surface area contributed by atoms with Crippen LogP contribution in [0, 0.1) is 0 Å². The molecule has 0 atom stereocenters. The molecule has 0 N–H and O–H groups in total. The third-order valence-corrected chi connectivity index (χ3v) is 1.84. The molecule has 0 unspecified atom stereocenters. The van der Waals surface area contributed by atoms with Crippen LogP contribution >= 0.6 is 0 Å². The van der Waals surface area contributed by atoms with Crippen LogP contribution in [-0.4, -0.2) is 12.6 Å². The fourth-order valence-electron chi connectivity index (χ4n) is 1.19. The largest absolute Gasteiger partial charge is 0.480 e. The number of carbonyl (C=O) groups excluding carboxylic acids is 1. The van der Waals surface area contributed by atoms with Gasteiger partial charge in [-0.25, -0.2) is 0 Å². The minimum Gasteiger partial charge on any atom is -0.480 e. The van der Waals surface area contributed by atoms with Crippen molar-refractivity contribution < 1.29 is 9.53 Å². The Morgan fingerprint density at radius 1 is 1.23 bits per heavy atom. The number of rotatable bonds is 1. The van der Waals surface area contributed by atoms with Crippen LogP contribution in [0.3, 0.4) is 0 Å². The molecule has 1 aliphatic rings. The van der Waals surface area contributed by atoms with Gasteiger partial charge in [-0.05, 0) is 12.1 Å². The fourth-order valence-corrected chi connectivity index (χ4v) is 1.19. The van der Waals surface area contributed by atoms with Gasteiger partial charge in [-0.3, -0.25) is 9.69 Å². The number of para-hydroxylation sites is 1. The van der Waals surface area contributed by atoms with Gasteiger partial charge in [-0.1, -0.05) is 18.2 Å². The van der Waals surface area contributed by atoms with Crippen molar-refractivity contribution in [1.29, 1.82) is 0 Å². The van der Waals surface area contributed by atoms with Gasteiger partial charge in [0, 0.05) is 11.8 Å². The van der Waals surface area contributed by atoms with E-state index >= 15 is 0 Å². The molecule has 0 saturated heterocycles. The van der Waals surface area contributed by atoms with Crippen LogP contribution < -0.4 is 4.90 Å². The standard InChI is InChI=1S/C10H9NO2/c12-10-6-7-13-8-11(10)9-4-2-1-3-5-9/h1-7H,8H2. The summed E-state index contributed by atoms with van der Waals surface area (Å²) in [4.78, 5) is 12.9. The van der Waals surface area contributed by atoms with Crippen LogP contribution in [0.4, 0.5) is 5.69 Å². The minimum absolute atomic E-state index is 0.0440. The first-order valence-electron chi connectivity index (χ1n) is 4.02. The summed E-state index contributed by atoms with van der Waals surface area (Å²) in [6.45, 7) is 0.291. The summed E-state index contributed by atoms with van der Waals surface area (Å²) < 4.78 is 5.03. The second-order valence-electron chi connectivity index (χ2n) is 2.70. The molecule has 2 rings (SSSR count). The molecule has 0 bridgehead atoms. The summed E-state index contributed by atoms with van der Waals surface area (Å²) in [5.41, 5.74) is 0.858. The third-order valence-electron chi connectivity index (χ3n) is 1.84. The lowest BCUT2D eigenvalue weighted by Gasteiger charge is -2.23. The van der Waals surface area contributed by atoms with E-state index in [1.165, 1.54) is 12.3 Å². The van der Waals surface area contributed by atoms with Crippen molar-refractivity contribution in [2.45, 2.75) is 0 Å². The van der Waals surface area contributed by atoms with E-state index in [1.54, 1.807) is 4.90 Å². The van der Waals surface area contributed by atoms with Crippen LogP contribution in [0.5, 0.6) is 0 Å². The number of hydrogen-bond acceptors (Lipinski definition) is 2. The highest BCUT2D eigenvalue weighted by molar-refractivity contribution is 6.01. The molecule has 13 heavy (non-hydrogen) atoms. The molecule has 1 aromatic carbocycles. The van der Waals surface area contributed by atoms with Crippen molar-refractivity contribution in [1.82, 2.24) is 0 Å². The first-order valence-corrected chi connectivity index (χ1v) is 4.02. The molecule has 1 aromatic rings. The maximum absolute atomic E-state index is 11.4. The SMILES string of the molecule is O=C1C=COCN1c1ccccc1. The maximum atomic E-state index is 11.4. The van der Waals surface area contributed by atoms with E-state index in [2.05, 4.69) is 0 Å². The fraction of sp³-hybridized carbons (Fsp3) is 0.100. The van der Waals surface area contributed by atoms with E-state index in [0.29, 0.717) is 6.73 Å². The molecule has 0 saturated carbocycles. The van der Waals surface area contributed by atoms with E-state index in [4.69, 9.17) is 4.74 Å². The molecule has 3 heteroatoms. The zero-order valence-electron chi connectivity index (χ0n) is 7.01. The normalized spacial score (nSPS) is 15.7. The van der Waals surface area contributed by atoms with Gasteiger partial charge in [0.05, 0.1) is 6.26 Å². The molecule has 66 valence electrons. The number of anilines is 1. The van der Waals surface area contributed by atoms with Gasteiger partial charge in [0.2, 0.25) is 0 Å². The first kappa shape index (κ1) is 7.86. The summed E-state index contributed by atoms with van der Waals surface area (Å²) in [5, 5.41) is 0. The van der Waals surface area contributed by atoms with Crippen LogP contribution in [0.25, 0.3) is 0 Å².